The number of ether oxygens (including phenoxy) is 1. The molecule has 0 fully saturated rings. The van der Waals surface area contributed by atoms with Crippen molar-refractivity contribution in [2.45, 2.75) is 17.0 Å². The smallest absolute Gasteiger partial charge is 0.0625 e. The SMILES string of the molecule is COCC(N)C(CO)SCc1ccccc1Cl. The van der Waals surface area contributed by atoms with Crippen LogP contribution in [0.15, 0.2) is 24.3 Å². The largest absolute Gasteiger partial charge is 0.395 e. The van der Waals surface area contributed by atoms with Gasteiger partial charge in [-0.2, -0.15) is 0 Å². The van der Waals surface area contributed by atoms with Gasteiger partial charge in [-0.25, -0.2) is 0 Å². The first-order valence-corrected chi connectivity index (χ1v) is 6.82. The first-order chi connectivity index (χ1) is 8.19. The van der Waals surface area contributed by atoms with Crippen molar-refractivity contribution in [3.63, 3.8) is 0 Å². The summed E-state index contributed by atoms with van der Waals surface area (Å²) >= 11 is 7.66. The van der Waals surface area contributed by atoms with Crippen LogP contribution in [0.25, 0.3) is 0 Å². The van der Waals surface area contributed by atoms with Crippen LogP contribution in [-0.2, 0) is 10.5 Å². The van der Waals surface area contributed by atoms with E-state index in [1.165, 1.54) is 0 Å². The molecule has 0 bridgehead atoms. The molecule has 0 saturated carbocycles. The molecule has 0 spiro atoms. The Labute approximate surface area is 111 Å². The summed E-state index contributed by atoms with van der Waals surface area (Å²) in [7, 11) is 1.60. The van der Waals surface area contributed by atoms with E-state index in [-0.39, 0.29) is 17.9 Å². The normalized spacial score (nSPS) is 14.6. The zero-order valence-corrected chi connectivity index (χ0v) is 11.4. The lowest BCUT2D eigenvalue weighted by Gasteiger charge is -2.20. The highest BCUT2D eigenvalue weighted by molar-refractivity contribution is 7.99. The molecule has 1 aromatic carbocycles. The Morgan fingerprint density at radius 2 is 2.18 bits per heavy atom. The van der Waals surface area contributed by atoms with Crippen molar-refractivity contribution in [3.05, 3.63) is 34.9 Å². The number of nitrogens with two attached hydrogens (primary N) is 1. The van der Waals surface area contributed by atoms with Gasteiger partial charge in [0.25, 0.3) is 0 Å². The number of hydrogen-bond donors (Lipinski definition) is 2. The van der Waals surface area contributed by atoms with Crippen LogP contribution in [0.3, 0.4) is 0 Å². The zero-order chi connectivity index (χ0) is 12.7. The number of aliphatic hydroxyl groups excluding tert-OH is 1. The van der Waals surface area contributed by atoms with E-state index in [1.807, 2.05) is 24.3 Å². The number of aliphatic hydroxyl groups is 1. The molecule has 0 radical (unpaired) electrons. The summed E-state index contributed by atoms with van der Waals surface area (Å²) in [4.78, 5) is 0. The van der Waals surface area contributed by atoms with Crippen molar-refractivity contribution in [1.82, 2.24) is 0 Å². The van der Waals surface area contributed by atoms with E-state index < -0.39 is 0 Å². The average Bonchev–Trinajstić information content (AvgIpc) is 2.32. The van der Waals surface area contributed by atoms with Crippen LogP contribution in [0.1, 0.15) is 5.56 Å². The molecule has 0 heterocycles. The lowest BCUT2D eigenvalue weighted by molar-refractivity contribution is 0.167. The zero-order valence-electron chi connectivity index (χ0n) is 9.80. The summed E-state index contributed by atoms with van der Waals surface area (Å²) in [6, 6.07) is 7.52. The number of rotatable bonds is 7. The molecule has 0 saturated heterocycles. The first kappa shape index (κ1) is 14.8. The standard InChI is InChI=1S/C12H18ClNO2S/c1-16-7-11(14)12(6-15)17-8-9-4-2-3-5-10(9)13/h2-5,11-12,15H,6-8,14H2,1H3. The quantitative estimate of drug-likeness (QED) is 0.798. The fourth-order valence-corrected chi connectivity index (χ4v) is 2.78. The fraction of sp³-hybridized carbons (Fsp3) is 0.500. The predicted molar refractivity (Wildman–Crippen MR) is 73.5 cm³/mol. The second kappa shape index (κ2) is 7.95. The second-order valence-corrected chi connectivity index (χ2v) is 5.38. The Balaban J connectivity index is 2.50. The summed E-state index contributed by atoms with van der Waals surface area (Å²) in [6.07, 6.45) is 0. The van der Waals surface area contributed by atoms with Gasteiger partial charge in [-0.05, 0) is 11.6 Å². The summed E-state index contributed by atoms with van der Waals surface area (Å²) in [5.74, 6) is 0.738. The van der Waals surface area contributed by atoms with Crippen LogP contribution in [0, 0.1) is 0 Å². The maximum atomic E-state index is 9.28. The third-order valence-corrected chi connectivity index (χ3v) is 4.20. The highest BCUT2D eigenvalue weighted by Gasteiger charge is 2.17. The number of halogens is 1. The van der Waals surface area contributed by atoms with Gasteiger partial charge in [0.05, 0.1) is 13.2 Å². The molecule has 5 heteroatoms. The topological polar surface area (TPSA) is 55.5 Å². The van der Waals surface area contributed by atoms with Gasteiger partial charge in [0.2, 0.25) is 0 Å². The molecule has 96 valence electrons. The minimum absolute atomic E-state index is 0.0359. The van der Waals surface area contributed by atoms with Crippen molar-refractivity contribution < 1.29 is 9.84 Å². The molecule has 3 N–H and O–H groups in total. The van der Waals surface area contributed by atoms with Gasteiger partial charge in [0.15, 0.2) is 0 Å². The number of methoxy groups -OCH3 is 1. The molecule has 1 aromatic rings. The first-order valence-electron chi connectivity index (χ1n) is 5.39. The highest BCUT2D eigenvalue weighted by Crippen LogP contribution is 2.24. The molecule has 2 unspecified atom stereocenters. The van der Waals surface area contributed by atoms with Crippen molar-refractivity contribution in [2.24, 2.45) is 5.73 Å². The van der Waals surface area contributed by atoms with Crippen LogP contribution in [0.2, 0.25) is 5.02 Å². The highest BCUT2D eigenvalue weighted by atomic mass is 35.5. The van der Waals surface area contributed by atoms with E-state index in [0.29, 0.717) is 6.61 Å². The van der Waals surface area contributed by atoms with Crippen molar-refractivity contribution in [1.29, 1.82) is 0 Å². The Hall–Kier alpha value is -0.260. The van der Waals surface area contributed by atoms with E-state index in [4.69, 9.17) is 22.1 Å². The fourth-order valence-electron chi connectivity index (χ4n) is 1.42. The van der Waals surface area contributed by atoms with Crippen LogP contribution in [0.5, 0.6) is 0 Å². The summed E-state index contributed by atoms with van der Waals surface area (Å²) in [5.41, 5.74) is 6.96. The van der Waals surface area contributed by atoms with Gasteiger partial charge < -0.3 is 15.6 Å². The molecule has 2 atom stereocenters. The van der Waals surface area contributed by atoms with Crippen LogP contribution >= 0.6 is 23.4 Å². The maximum Gasteiger partial charge on any atom is 0.0625 e. The second-order valence-electron chi connectivity index (χ2n) is 3.74. The maximum absolute atomic E-state index is 9.28. The Bertz CT molecular complexity index is 338. The molecule has 3 nitrogen and oxygen atoms in total. The van der Waals surface area contributed by atoms with Crippen LogP contribution in [-0.4, -0.2) is 36.7 Å². The van der Waals surface area contributed by atoms with Gasteiger partial charge in [-0.15, -0.1) is 11.8 Å². The number of hydrogen-bond acceptors (Lipinski definition) is 4. The van der Waals surface area contributed by atoms with Crippen molar-refractivity contribution >= 4 is 23.4 Å². The van der Waals surface area contributed by atoms with Crippen molar-refractivity contribution in [3.8, 4) is 0 Å². The van der Waals surface area contributed by atoms with Crippen molar-refractivity contribution in [2.75, 3.05) is 20.3 Å². The Morgan fingerprint density at radius 1 is 1.47 bits per heavy atom. The molecular weight excluding hydrogens is 258 g/mol. The third-order valence-electron chi connectivity index (χ3n) is 2.43. The lowest BCUT2D eigenvalue weighted by atomic mass is 10.2. The average molecular weight is 276 g/mol. The molecule has 1 rings (SSSR count). The van der Waals surface area contributed by atoms with E-state index >= 15 is 0 Å². The van der Waals surface area contributed by atoms with Crippen LogP contribution < -0.4 is 5.73 Å². The minimum atomic E-state index is -0.169. The van der Waals surface area contributed by atoms with E-state index in [0.717, 1.165) is 16.3 Å². The van der Waals surface area contributed by atoms with Gasteiger partial charge in [0, 0.05) is 29.2 Å². The van der Waals surface area contributed by atoms with E-state index in [9.17, 15) is 5.11 Å². The third kappa shape index (κ3) is 4.85. The monoisotopic (exact) mass is 275 g/mol. The molecule has 0 amide bonds. The molecular formula is C12H18ClNO2S. The Morgan fingerprint density at radius 3 is 2.76 bits per heavy atom. The van der Waals surface area contributed by atoms with Gasteiger partial charge in [-0.1, -0.05) is 29.8 Å². The van der Waals surface area contributed by atoms with Gasteiger partial charge >= 0.3 is 0 Å². The number of thioether (sulfide) groups is 1. The van der Waals surface area contributed by atoms with Crippen LogP contribution in [0.4, 0.5) is 0 Å². The Kier molecular flexibility index (Phi) is 6.92. The number of benzene rings is 1. The molecule has 0 aromatic heterocycles. The van der Waals surface area contributed by atoms with Gasteiger partial charge in [0.1, 0.15) is 0 Å². The van der Waals surface area contributed by atoms with E-state index in [1.54, 1.807) is 18.9 Å². The lowest BCUT2D eigenvalue weighted by Crippen LogP contribution is -2.38. The predicted octanol–water partition coefficient (Wildman–Crippen LogP) is 1.91. The molecule has 0 aliphatic heterocycles. The van der Waals surface area contributed by atoms with E-state index in [2.05, 4.69) is 0 Å². The minimum Gasteiger partial charge on any atom is -0.395 e. The molecule has 17 heavy (non-hydrogen) atoms. The van der Waals surface area contributed by atoms with Gasteiger partial charge in [-0.3, -0.25) is 0 Å². The summed E-state index contributed by atoms with van der Waals surface area (Å²) < 4.78 is 4.99. The molecule has 0 aliphatic carbocycles. The molecule has 0 aliphatic rings. The summed E-state index contributed by atoms with van der Waals surface area (Å²) in [5, 5.41) is 9.99. The summed E-state index contributed by atoms with van der Waals surface area (Å²) in [6.45, 7) is 0.487.